The highest BCUT2D eigenvalue weighted by molar-refractivity contribution is 5.66. The molecule has 18 heavy (non-hydrogen) atoms. The first-order chi connectivity index (χ1) is 8.22. The van der Waals surface area contributed by atoms with Gasteiger partial charge in [0.25, 0.3) is 5.92 Å². The Morgan fingerprint density at radius 3 is 2.50 bits per heavy atom. The Balaban J connectivity index is 2.88. The molecule has 0 bridgehead atoms. The van der Waals surface area contributed by atoms with Gasteiger partial charge in [-0.15, -0.1) is 0 Å². The fourth-order valence-corrected chi connectivity index (χ4v) is 1.70. The number of rotatable bonds is 5. The minimum Gasteiger partial charge on any atom is -0.481 e. The molecular weight excluding hydrogens is 252 g/mol. The highest BCUT2D eigenvalue weighted by Gasteiger charge is 2.36. The van der Waals surface area contributed by atoms with Crippen molar-refractivity contribution in [2.24, 2.45) is 5.92 Å². The summed E-state index contributed by atoms with van der Waals surface area (Å²) in [6.45, 7) is 1.34. The molecule has 2 nitrogen and oxygen atoms in total. The Kier molecular flexibility index (Phi) is 4.32. The molecule has 0 amide bonds. The minimum absolute atomic E-state index is 0.380. The lowest BCUT2D eigenvalue weighted by molar-refractivity contribution is -0.138. The summed E-state index contributed by atoms with van der Waals surface area (Å²) in [6.07, 6.45) is -1.24. The maximum absolute atomic E-state index is 13.7. The first-order valence-electron chi connectivity index (χ1n) is 5.27. The zero-order chi connectivity index (χ0) is 13.9. The predicted octanol–water partition coefficient (Wildman–Crippen LogP) is 3.56. The molecule has 1 aromatic carbocycles. The van der Waals surface area contributed by atoms with Gasteiger partial charge in [0.15, 0.2) is 0 Å². The van der Waals surface area contributed by atoms with Crippen molar-refractivity contribution in [2.75, 3.05) is 0 Å². The lowest BCUT2D eigenvalue weighted by Gasteiger charge is -2.20. The van der Waals surface area contributed by atoms with Crippen LogP contribution in [0.2, 0.25) is 0 Å². The predicted molar refractivity (Wildman–Crippen MR) is 56.3 cm³/mol. The minimum atomic E-state index is -3.52. The van der Waals surface area contributed by atoms with Gasteiger partial charge < -0.3 is 5.11 Å². The first kappa shape index (κ1) is 14.5. The summed E-state index contributed by atoms with van der Waals surface area (Å²) in [4.78, 5) is 10.4. The van der Waals surface area contributed by atoms with Crippen LogP contribution in [0.25, 0.3) is 0 Å². The topological polar surface area (TPSA) is 37.3 Å². The Bertz CT molecular complexity index is 446. The van der Waals surface area contributed by atoms with E-state index in [1.807, 2.05) is 0 Å². The van der Waals surface area contributed by atoms with Crippen LogP contribution in [-0.4, -0.2) is 11.1 Å². The lowest BCUT2D eigenvalue weighted by Crippen LogP contribution is -2.20. The molecular formula is C12H12F4O2. The van der Waals surface area contributed by atoms with Crippen molar-refractivity contribution in [2.45, 2.75) is 25.7 Å². The average Bonchev–Trinajstić information content (AvgIpc) is 2.13. The number of halogens is 4. The maximum Gasteiger partial charge on any atom is 0.303 e. The molecule has 0 aliphatic rings. The van der Waals surface area contributed by atoms with Crippen LogP contribution in [0.15, 0.2) is 18.2 Å². The van der Waals surface area contributed by atoms with E-state index in [0.29, 0.717) is 12.1 Å². The third-order valence-electron chi connectivity index (χ3n) is 2.45. The molecule has 6 heteroatoms. The van der Waals surface area contributed by atoms with Crippen molar-refractivity contribution in [3.63, 3.8) is 0 Å². The molecule has 1 aromatic rings. The van der Waals surface area contributed by atoms with Crippen LogP contribution in [0.5, 0.6) is 0 Å². The van der Waals surface area contributed by atoms with Crippen molar-refractivity contribution in [3.8, 4) is 0 Å². The summed E-state index contributed by atoms with van der Waals surface area (Å²) < 4.78 is 53.2. The van der Waals surface area contributed by atoms with Crippen LogP contribution in [0.4, 0.5) is 17.6 Å². The second-order valence-electron chi connectivity index (χ2n) is 4.24. The number of carboxylic acids is 1. The number of carbonyl (C=O) groups is 1. The van der Waals surface area contributed by atoms with Gasteiger partial charge >= 0.3 is 5.97 Å². The van der Waals surface area contributed by atoms with E-state index >= 15 is 0 Å². The zero-order valence-corrected chi connectivity index (χ0v) is 9.59. The number of benzene rings is 1. The molecule has 0 aromatic heterocycles. The molecule has 1 unspecified atom stereocenters. The van der Waals surface area contributed by atoms with Crippen LogP contribution in [0.1, 0.15) is 25.3 Å². The van der Waals surface area contributed by atoms with Crippen molar-refractivity contribution >= 4 is 5.97 Å². The quantitative estimate of drug-likeness (QED) is 0.826. The highest BCUT2D eigenvalue weighted by Crippen LogP contribution is 2.37. The molecule has 0 fully saturated rings. The van der Waals surface area contributed by atoms with E-state index in [2.05, 4.69) is 0 Å². The molecule has 1 atom stereocenters. The van der Waals surface area contributed by atoms with Crippen LogP contribution < -0.4 is 0 Å². The van der Waals surface area contributed by atoms with Gasteiger partial charge in [0.2, 0.25) is 0 Å². The number of hydrogen-bond acceptors (Lipinski definition) is 1. The van der Waals surface area contributed by atoms with E-state index < -0.39 is 47.8 Å². The van der Waals surface area contributed by atoms with Gasteiger partial charge in [-0.1, -0.05) is 6.92 Å². The summed E-state index contributed by atoms with van der Waals surface area (Å²) in [6, 6.07) is 1.80. The fourth-order valence-electron chi connectivity index (χ4n) is 1.70. The van der Waals surface area contributed by atoms with E-state index in [1.165, 1.54) is 6.92 Å². The molecule has 0 saturated heterocycles. The van der Waals surface area contributed by atoms with Crippen molar-refractivity contribution in [1.82, 2.24) is 0 Å². The molecule has 0 heterocycles. The SMILES string of the molecule is CC(CC(=O)O)CC(F)(F)c1ccc(F)cc1F. The van der Waals surface area contributed by atoms with Gasteiger partial charge in [-0.05, 0) is 18.1 Å². The van der Waals surface area contributed by atoms with Crippen LogP contribution in [0, 0.1) is 17.6 Å². The summed E-state index contributed by atoms with van der Waals surface area (Å²) in [7, 11) is 0. The number of aliphatic carboxylic acids is 1. The van der Waals surface area contributed by atoms with Crippen molar-refractivity contribution in [1.29, 1.82) is 0 Å². The number of hydrogen-bond donors (Lipinski definition) is 1. The van der Waals surface area contributed by atoms with Gasteiger partial charge in [-0.3, -0.25) is 4.79 Å². The Hall–Kier alpha value is -1.59. The largest absolute Gasteiger partial charge is 0.481 e. The second kappa shape index (κ2) is 5.37. The van der Waals surface area contributed by atoms with E-state index in [0.717, 1.165) is 6.07 Å². The molecule has 0 saturated carbocycles. The fraction of sp³-hybridized carbons (Fsp3) is 0.417. The third-order valence-corrected chi connectivity index (χ3v) is 2.45. The van der Waals surface area contributed by atoms with Gasteiger partial charge in [-0.2, -0.15) is 0 Å². The highest BCUT2D eigenvalue weighted by atomic mass is 19.3. The van der Waals surface area contributed by atoms with Crippen LogP contribution in [0.3, 0.4) is 0 Å². The summed E-state index contributed by atoms with van der Waals surface area (Å²) >= 11 is 0. The summed E-state index contributed by atoms with van der Waals surface area (Å²) in [5, 5.41) is 8.47. The molecule has 0 radical (unpaired) electrons. The summed E-state index contributed by atoms with van der Waals surface area (Å²) in [5.74, 6) is -7.81. The molecule has 0 aliphatic heterocycles. The average molecular weight is 264 g/mol. The number of alkyl halides is 2. The van der Waals surface area contributed by atoms with E-state index in [9.17, 15) is 22.4 Å². The van der Waals surface area contributed by atoms with Crippen LogP contribution in [-0.2, 0) is 10.7 Å². The maximum atomic E-state index is 13.7. The van der Waals surface area contributed by atoms with Gasteiger partial charge in [0.05, 0.1) is 5.56 Å². The standard InChI is InChI=1S/C12H12F4O2/c1-7(4-11(17)18)6-12(15,16)9-3-2-8(13)5-10(9)14/h2-3,5,7H,4,6H2,1H3,(H,17,18). The normalized spacial score (nSPS) is 13.4. The first-order valence-corrected chi connectivity index (χ1v) is 5.27. The molecule has 0 aliphatic carbocycles. The zero-order valence-electron chi connectivity index (χ0n) is 9.59. The van der Waals surface area contributed by atoms with Crippen molar-refractivity contribution in [3.05, 3.63) is 35.4 Å². The second-order valence-corrected chi connectivity index (χ2v) is 4.24. The Morgan fingerprint density at radius 2 is 2.00 bits per heavy atom. The molecule has 1 N–H and O–H groups in total. The monoisotopic (exact) mass is 264 g/mol. The summed E-state index contributed by atoms with van der Waals surface area (Å²) in [5.41, 5.74) is -0.916. The third kappa shape index (κ3) is 3.72. The lowest BCUT2D eigenvalue weighted by atomic mass is 9.94. The Morgan fingerprint density at radius 1 is 1.39 bits per heavy atom. The van der Waals surface area contributed by atoms with Crippen molar-refractivity contribution < 1.29 is 27.5 Å². The van der Waals surface area contributed by atoms with E-state index in [1.54, 1.807) is 0 Å². The van der Waals surface area contributed by atoms with Crippen LogP contribution >= 0.6 is 0 Å². The molecule has 1 rings (SSSR count). The number of carboxylic acid groups (broad SMARTS) is 1. The Labute approximate surface area is 101 Å². The van der Waals surface area contributed by atoms with Gasteiger partial charge in [0.1, 0.15) is 11.6 Å². The van der Waals surface area contributed by atoms with Gasteiger partial charge in [-0.25, -0.2) is 17.6 Å². The van der Waals surface area contributed by atoms with E-state index in [-0.39, 0.29) is 0 Å². The molecule has 100 valence electrons. The molecule has 0 spiro atoms. The smallest absolute Gasteiger partial charge is 0.303 e. The van der Waals surface area contributed by atoms with Gasteiger partial charge in [0, 0.05) is 18.9 Å². The van der Waals surface area contributed by atoms with E-state index in [4.69, 9.17) is 5.11 Å².